The quantitative estimate of drug-likeness (QED) is 0.867. The van der Waals surface area contributed by atoms with Crippen molar-refractivity contribution in [2.24, 2.45) is 11.8 Å². The van der Waals surface area contributed by atoms with E-state index < -0.39 is 0 Å². The Morgan fingerprint density at radius 3 is 1.80 bits per heavy atom. The van der Waals surface area contributed by atoms with Crippen LogP contribution in [0.3, 0.4) is 0 Å². The third-order valence-electron chi connectivity index (χ3n) is 4.58. The van der Waals surface area contributed by atoms with Crippen molar-refractivity contribution in [1.82, 2.24) is 5.32 Å². The molecule has 0 aromatic heterocycles. The van der Waals surface area contributed by atoms with E-state index in [1.54, 1.807) is 11.9 Å². The second-order valence-corrected chi connectivity index (χ2v) is 6.11. The first-order valence-electron chi connectivity index (χ1n) is 8.53. The van der Waals surface area contributed by atoms with E-state index in [9.17, 15) is 9.59 Å². The highest BCUT2D eigenvalue weighted by atomic mass is 16.2. The van der Waals surface area contributed by atoms with Crippen LogP contribution in [0.15, 0.2) is 72.8 Å². The lowest BCUT2D eigenvalue weighted by molar-refractivity contribution is -0.133. The van der Waals surface area contributed by atoms with Gasteiger partial charge in [0.05, 0.1) is 11.8 Å². The Hall–Kier alpha value is -2.88. The molecule has 4 heteroatoms. The van der Waals surface area contributed by atoms with Gasteiger partial charge >= 0.3 is 0 Å². The molecule has 0 bridgehead atoms. The molecule has 0 radical (unpaired) electrons. The minimum absolute atomic E-state index is 0.0460. The van der Waals surface area contributed by atoms with E-state index in [1.807, 2.05) is 72.8 Å². The van der Waals surface area contributed by atoms with Gasteiger partial charge in [0.1, 0.15) is 0 Å². The zero-order valence-electron chi connectivity index (χ0n) is 14.3. The molecular formula is C21H22N2O2. The van der Waals surface area contributed by atoms with Gasteiger partial charge in [-0.25, -0.2) is 0 Å². The van der Waals surface area contributed by atoms with Gasteiger partial charge in [-0.3, -0.25) is 14.5 Å². The summed E-state index contributed by atoms with van der Waals surface area (Å²) in [6, 6.07) is 19.2. The van der Waals surface area contributed by atoms with E-state index in [-0.39, 0.29) is 23.7 Å². The summed E-state index contributed by atoms with van der Waals surface area (Å²) in [5.74, 6) is -0.832. The van der Waals surface area contributed by atoms with Gasteiger partial charge in [-0.05, 0) is 37.1 Å². The molecule has 25 heavy (non-hydrogen) atoms. The van der Waals surface area contributed by atoms with Crippen molar-refractivity contribution in [3.63, 3.8) is 0 Å². The molecule has 1 aliphatic carbocycles. The molecule has 2 aromatic carbocycles. The highest BCUT2D eigenvalue weighted by Gasteiger charge is 2.36. The van der Waals surface area contributed by atoms with Crippen LogP contribution in [0.4, 0.5) is 11.4 Å². The smallest absolute Gasteiger partial charge is 0.235 e. The fourth-order valence-electron chi connectivity index (χ4n) is 3.29. The highest BCUT2D eigenvalue weighted by molar-refractivity contribution is 6.03. The van der Waals surface area contributed by atoms with Gasteiger partial charge in [-0.15, -0.1) is 0 Å². The predicted octanol–water partition coefficient (Wildman–Crippen LogP) is 3.68. The second kappa shape index (κ2) is 7.79. The van der Waals surface area contributed by atoms with Crippen molar-refractivity contribution < 1.29 is 9.59 Å². The number of anilines is 2. The number of carbonyl (C=O) groups is 2. The van der Waals surface area contributed by atoms with E-state index in [0.29, 0.717) is 12.8 Å². The standard InChI is InChI=1S/C21H22N2O2/c1-22-20(24)18-14-8-9-15-19(18)21(25)23(16-10-4-2-5-11-16)17-12-6-3-7-13-17/h2-13,18-19H,14-15H2,1H3,(H,22,24). The summed E-state index contributed by atoms with van der Waals surface area (Å²) >= 11 is 0. The molecule has 1 aliphatic rings. The number of nitrogens with one attached hydrogen (secondary N) is 1. The first-order chi connectivity index (χ1) is 12.2. The Balaban J connectivity index is 1.99. The van der Waals surface area contributed by atoms with Crippen LogP contribution < -0.4 is 10.2 Å². The second-order valence-electron chi connectivity index (χ2n) is 6.11. The Bertz CT molecular complexity index is 716. The Kier molecular flexibility index (Phi) is 5.29. The molecule has 2 atom stereocenters. The van der Waals surface area contributed by atoms with Crippen LogP contribution in [0.1, 0.15) is 12.8 Å². The third-order valence-corrected chi connectivity index (χ3v) is 4.58. The van der Waals surface area contributed by atoms with Crippen molar-refractivity contribution in [3.8, 4) is 0 Å². The number of nitrogens with zero attached hydrogens (tertiary/aromatic N) is 1. The third kappa shape index (κ3) is 3.63. The van der Waals surface area contributed by atoms with E-state index in [1.165, 1.54) is 0 Å². The summed E-state index contributed by atoms with van der Waals surface area (Å²) in [6.07, 6.45) is 5.15. The van der Waals surface area contributed by atoms with Crippen molar-refractivity contribution in [2.45, 2.75) is 12.8 Å². The first kappa shape index (κ1) is 17.0. The van der Waals surface area contributed by atoms with Gasteiger partial charge in [0.25, 0.3) is 0 Å². The largest absolute Gasteiger partial charge is 0.359 e. The summed E-state index contributed by atoms with van der Waals surface area (Å²) in [6.45, 7) is 0. The summed E-state index contributed by atoms with van der Waals surface area (Å²) in [7, 11) is 1.62. The van der Waals surface area contributed by atoms with E-state index in [4.69, 9.17) is 0 Å². The fraction of sp³-hybridized carbons (Fsp3) is 0.238. The molecule has 2 aromatic rings. The van der Waals surface area contributed by atoms with Crippen LogP contribution >= 0.6 is 0 Å². The van der Waals surface area contributed by atoms with Crippen LogP contribution in [0, 0.1) is 11.8 Å². The number of hydrogen-bond donors (Lipinski definition) is 1. The summed E-state index contributed by atoms with van der Waals surface area (Å²) < 4.78 is 0. The number of para-hydroxylation sites is 2. The van der Waals surface area contributed by atoms with E-state index in [2.05, 4.69) is 5.32 Å². The van der Waals surface area contributed by atoms with Crippen LogP contribution in [0.5, 0.6) is 0 Å². The first-order valence-corrected chi connectivity index (χ1v) is 8.53. The van der Waals surface area contributed by atoms with Crippen LogP contribution in [-0.4, -0.2) is 18.9 Å². The topological polar surface area (TPSA) is 49.4 Å². The van der Waals surface area contributed by atoms with Crippen molar-refractivity contribution in [2.75, 3.05) is 11.9 Å². The number of rotatable bonds is 4. The van der Waals surface area contributed by atoms with Crippen molar-refractivity contribution in [3.05, 3.63) is 72.8 Å². The Labute approximate surface area is 148 Å². The van der Waals surface area contributed by atoms with E-state index >= 15 is 0 Å². The maximum absolute atomic E-state index is 13.4. The molecule has 1 N–H and O–H groups in total. The maximum Gasteiger partial charge on any atom is 0.235 e. The molecule has 0 aliphatic heterocycles. The molecule has 4 nitrogen and oxygen atoms in total. The molecule has 2 amide bonds. The normalized spacial score (nSPS) is 19.2. The molecular weight excluding hydrogens is 312 g/mol. The lowest BCUT2D eigenvalue weighted by atomic mass is 9.81. The molecule has 2 unspecified atom stereocenters. The Morgan fingerprint density at radius 1 is 0.840 bits per heavy atom. The molecule has 3 rings (SSSR count). The lowest BCUT2D eigenvalue weighted by Crippen LogP contribution is -2.42. The number of amides is 2. The number of hydrogen-bond acceptors (Lipinski definition) is 2. The van der Waals surface area contributed by atoms with Gasteiger partial charge in [0, 0.05) is 18.4 Å². The zero-order chi connectivity index (χ0) is 17.6. The SMILES string of the molecule is CNC(=O)C1CC=CCC1C(=O)N(c1ccccc1)c1ccccc1. The molecule has 0 heterocycles. The van der Waals surface area contributed by atoms with Crippen molar-refractivity contribution in [1.29, 1.82) is 0 Å². The minimum atomic E-state index is -0.370. The monoisotopic (exact) mass is 334 g/mol. The molecule has 0 saturated carbocycles. The summed E-state index contributed by atoms with van der Waals surface area (Å²) in [5.41, 5.74) is 1.62. The van der Waals surface area contributed by atoms with Gasteiger partial charge in [0.15, 0.2) is 0 Å². The zero-order valence-corrected chi connectivity index (χ0v) is 14.3. The molecule has 0 fully saturated rings. The van der Waals surface area contributed by atoms with E-state index in [0.717, 1.165) is 11.4 Å². The van der Waals surface area contributed by atoms with Gasteiger partial charge in [-0.2, -0.15) is 0 Å². The molecule has 0 saturated heterocycles. The number of benzene rings is 2. The fourth-order valence-corrected chi connectivity index (χ4v) is 3.29. The Morgan fingerprint density at radius 2 is 1.32 bits per heavy atom. The molecule has 0 spiro atoms. The average Bonchev–Trinajstić information content (AvgIpc) is 2.69. The maximum atomic E-state index is 13.4. The summed E-state index contributed by atoms with van der Waals surface area (Å²) in [4.78, 5) is 27.4. The van der Waals surface area contributed by atoms with Gasteiger partial charge in [0.2, 0.25) is 11.8 Å². The van der Waals surface area contributed by atoms with Crippen LogP contribution in [-0.2, 0) is 9.59 Å². The van der Waals surface area contributed by atoms with Gasteiger partial charge < -0.3 is 5.32 Å². The van der Waals surface area contributed by atoms with Gasteiger partial charge in [-0.1, -0.05) is 48.6 Å². The van der Waals surface area contributed by atoms with Crippen LogP contribution in [0.2, 0.25) is 0 Å². The number of allylic oxidation sites excluding steroid dienone is 2. The lowest BCUT2D eigenvalue weighted by Gasteiger charge is -2.32. The average molecular weight is 334 g/mol. The highest BCUT2D eigenvalue weighted by Crippen LogP contribution is 2.33. The summed E-state index contributed by atoms with van der Waals surface area (Å²) in [5, 5.41) is 2.69. The van der Waals surface area contributed by atoms with Crippen molar-refractivity contribution >= 4 is 23.2 Å². The molecule has 128 valence electrons. The minimum Gasteiger partial charge on any atom is -0.359 e. The number of carbonyl (C=O) groups excluding carboxylic acids is 2. The predicted molar refractivity (Wildman–Crippen MR) is 99.5 cm³/mol. The van der Waals surface area contributed by atoms with Crippen LogP contribution in [0.25, 0.3) is 0 Å².